The second-order valence-electron chi connectivity index (χ2n) is 3.56. The molecule has 0 spiro atoms. The average Bonchev–Trinajstić information content (AvgIpc) is 2.30. The van der Waals surface area contributed by atoms with Crippen molar-refractivity contribution in [3.8, 4) is 17.2 Å². The summed E-state index contributed by atoms with van der Waals surface area (Å²) in [6.07, 6.45) is 0. The fourth-order valence-corrected chi connectivity index (χ4v) is 1.46. The number of hydrogen-bond acceptors (Lipinski definition) is 4. The first-order chi connectivity index (χ1) is 8.99. The largest absolute Gasteiger partial charge is 0.504 e. The zero-order valence-electron chi connectivity index (χ0n) is 9.34. The first kappa shape index (κ1) is 12.7. The van der Waals surface area contributed by atoms with Crippen LogP contribution in [0.1, 0.15) is 0 Å². The topological polar surface area (TPSA) is 72.6 Å². The van der Waals surface area contributed by atoms with Gasteiger partial charge in [-0.1, -0.05) is 12.1 Å². The van der Waals surface area contributed by atoms with Crippen LogP contribution in [0, 0.1) is 21.7 Å². The molecule has 0 radical (unpaired) electrons. The highest BCUT2D eigenvalue weighted by Crippen LogP contribution is 2.37. The Labute approximate surface area is 105 Å². The van der Waals surface area contributed by atoms with Crippen LogP contribution in [0.25, 0.3) is 0 Å². The van der Waals surface area contributed by atoms with Gasteiger partial charge in [0.25, 0.3) is 0 Å². The predicted octanol–water partition coefficient (Wildman–Crippen LogP) is 3.37. The first-order valence-corrected chi connectivity index (χ1v) is 5.08. The van der Waals surface area contributed by atoms with Crippen molar-refractivity contribution in [3.63, 3.8) is 0 Å². The molecule has 98 valence electrons. The van der Waals surface area contributed by atoms with Gasteiger partial charge in [0.05, 0.1) is 4.92 Å². The molecule has 7 heteroatoms. The molecule has 2 aromatic rings. The Hall–Kier alpha value is -2.70. The Morgan fingerprint density at radius 3 is 2.47 bits per heavy atom. The average molecular weight is 267 g/mol. The van der Waals surface area contributed by atoms with E-state index in [-0.39, 0.29) is 11.5 Å². The van der Waals surface area contributed by atoms with Crippen LogP contribution in [0.2, 0.25) is 0 Å². The molecule has 2 rings (SSSR count). The van der Waals surface area contributed by atoms with Crippen LogP contribution in [-0.4, -0.2) is 10.0 Å². The summed E-state index contributed by atoms with van der Waals surface area (Å²) < 4.78 is 31.4. The molecule has 0 aliphatic rings. The number of halogens is 2. The van der Waals surface area contributed by atoms with Crippen molar-refractivity contribution in [1.82, 2.24) is 0 Å². The zero-order valence-corrected chi connectivity index (χ0v) is 9.34. The van der Waals surface area contributed by atoms with Crippen molar-refractivity contribution in [2.75, 3.05) is 0 Å². The van der Waals surface area contributed by atoms with E-state index in [2.05, 4.69) is 0 Å². The van der Waals surface area contributed by atoms with Crippen molar-refractivity contribution >= 4 is 5.69 Å². The minimum atomic E-state index is -1.35. The van der Waals surface area contributed by atoms with Crippen molar-refractivity contribution in [2.24, 2.45) is 0 Å². The molecule has 0 aromatic heterocycles. The zero-order chi connectivity index (χ0) is 14.0. The summed E-state index contributed by atoms with van der Waals surface area (Å²) in [6.45, 7) is 0. The fraction of sp³-hybridized carbons (Fsp3) is 0. The minimum absolute atomic E-state index is 0.143. The van der Waals surface area contributed by atoms with Crippen LogP contribution >= 0.6 is 0 Å². The number of benzene rings is 2. The van der Waals surface area contributed by atoms with Crippen molar-refractivity contribution in [3.05, 3.63) is 58.1 Å². The minimum Gasteiger partial charge on any atom is -0.504 e. The van der Waals surface area contributed by atoms with E-state index in [0.717, 1.165) is 0 Å². The lowest BCUT2D eigenvalue weighted by Crippen LogP contribution is -1.98. The summed E-state index contributed by atoms with van der Waals surface area (Å²) in [5.41, 5.74) is -0.996. The highest BCUT2D eigenvalue weighted by Gasteiger charge is 2.24. The maximum absolute atomic E-state index is 13.3. The fourth-order valence-electron chi connectivity index (χ4n) is 1.46. The Bertz CT molecular complexity index is 646. The molecule has 1 N–H and O–H groups in total. The Kier molecular flexibility index (Phi) is 3.28. The van der Waals surface area contributed by atoms with Gasteiger partial charge in [-0.05, 0) is 12.1 Å². The first-order valence-electron chi connectivity index (χ1n) is 5.08. The molecule has 2 aromatic carbocycles. The lowest BCUT2D eigenvalue weighted by molar-refractivity contribution is -0.388. The van der Waals surface area contributed by atoms with Gasteiger partial charge in [0, 0.05) is 12.1 Å². The molecular weight excluding hydrogens is 260 g/mol. The van der Waals surface area contributed by atoms with E-state index >= 15 is 0 Å². The van der Waals surface area contributed by atoms with Crippen LogP contribution in [0.5, 0.6) is 17.2 Å². The van der Waals surface area contributed by atoms with E-state index in [9.17, 15) is 24.0 Å². The van der Waals surface area contributed by atoms with Gasteiger partial charge in [-0.15, -0.1) is 0 Å². The Morgan fingerprint density at radius 2 is 1.84 bits per heavy atom. The predicted molar refractivity (Wildman–Crippen MR) is 61.2 cm³/mol. The Morgan fingerprint density at radius 1 is 1.16 bits per heavy atom. The molecule has 0 unspecified atom stereocenters. The number of hydrogen-bond donors (Lipinski definition) is 1. The van der Waals surface area contributed by atoms with Crippen molar-refractivity contribution in [2.45, 2.75) is 0 Å². The van der Waals surface area contributed by atoms with E-state index in [4.69, 9.17) is 4.74 Å². The van der Waals surface area contributed by atoms with Gasteiger partial charge in [0.2, 0.25) is 11.6 Å². The van der Waals surface area contributed by atoms with Gasteiger partial charge in [-0.3, -0.25) is 10.1 Å². The molecular formula is C12H7F2NO4. The van der Waals surface area contributed by atoms with E-state index in [1.54, 1.807) is 0 Å². The van der Waals surface area contributed by atoms with Gasteiger partial charge < -0.3 is 9.84 Å². The van der Waals surface area contributed by atoms with Gasteiger partial charge in [0.15, 0.2) is 11.5 Å². The molecule has 0 aliphatic carbocycles. The number of para-hydroxylation sites is 2. The van der Waals surface area contributed by atoms with Crippen LogP contribution in [0.4, 0.5) is 14.5 Å². The van der Waals surface area contributed by atoms with Crippen molar-refractivity contribution < 1.29 is 23.5 Å². The second kappa shape index (κ2) is 4.89. The molecule has 0 saturated heterocycles. The molecule has 0 aliphatic heterocycles. The molecule has 0 amide bonds. The lowest BCUT2D eigenvalue weighted by atomic mass is 10.2. The molecule has 0 heterocycles. The molecule has 0 atom stereocenters. The third kappa shape index (κ3) is 2.59. The number of aromatic hydroxyl groups is 1. The maximum atomic E-state index is 13.3. The normalized spacial score (nSPS) is 10.2. The quantitative estimate of drug-likeness (QED) is 0.683. The van der Waals surface area contributed by atoms with Gasteiger partial charge >= 0.3 is 5.69 Å². The number of nitro benzene ring substituents is 1. The number of phenols is 1. The van der Waals surface area contributed by atoms with Crippen LogP contribution in [0.15, 0.2) is 36.4 Å². The van der Waals surface area contributed by atoms with E-state index in [0.29, 0.717) is 12.1 Å². The summed E-state index contributed by atoms with van der Waals surface area (Å²) >= 11 is 0. The maximum Gasteiger partial charge on any atom is 0.347 e. The number of ether oxygens (including phenoxy) is 1. The van der Waals surface area contributed by atoms with E-state index in [1.165, 1.54) is 24.3 Å². The van der Waals surface area contributed by atoms with Gasteiger partial charge in [-0.2, -0.15) is 4.39 Å². The SMILES string of the molecule is O=[N+]([O-])c1c(F)cc(F)cc1Oc1ccccc1O. The molecule has 19 heavy (non-hydrogen) atoms. The molecule has 0 saturated carbocycles. The standard InChI is InChI=1S/C12H7F2NO4/c13-7-5-8(14)12(15(17)18)11(6-7)19-10-4-2-1-3-9(10)16/h1-6,16H. The summed E-state index contributed by atoms with van der Waals surface area (Å²) in [5.74, 6) is -3.44. The molecule has 5 nitrogen and oxygen atoms in total. The highest BCUT2D eigenvalue weighted by molar-refractivity contribution is 5.51. The summed E-state index contributed by atoms with van der Waals surface area (Å²) in [6, 6.07) is 6.64. The monoisotopic (exact) mass is 267 g/mol. The third-order valence-corrected chi connectivity index (χ3v) is 2.26. The molecule has 0 bridgehead atoms. The van der Waals surface area contributed by atoms with E-state index in [1.807, 2.05) is 0 Å². The number of nitro groups is 1. The van der Waals surface area contributed by atoms with Crippen molar-refractivity contribution in [1.29, 1.82) is 0 Å². The third-order valence-electron chi connectivity index (χ3n) is 2.26. The number of nitrogens with zero attached hydrogens (tertiary/aromatic N) is 1. The van der Waals surface area contributed by atoms with Gasteiger partial charge in [-0.25, -0.2) is 4.39 Å². The summed E-state index contributed by atoms with van der Waals surface area (Å²) in [5, 5.41) is 20.2. The highest BCUT2D eigenvalue weighted by atomic mass is 19.1. The Balaban J connectivity index is 2.51. The molecule has 0 fully saturated rings. The second-order valence-corrected chi connectivity index (χ2v) is 3.56. The lowest BCUT2D eigenvalue weighted by Gasteiger charge is -2.08. The van der Waals surface area contributed by atoms with Crippen LogP contribution < -0.4 is 4.74 Å². The smallest absolute Gasteiger partial charge is 0.347 e. The summed E-state index contributed by atoms with van der Waals surface area (Å²) in [4.78, 5) is 9.71. The van der Waals surface area contributed by atoms with Crippen LogP contribution in [-0.2, 0) is 0 Å². The van der Waals surface area contributed by atoms with Gasteiger partial charge in [0.1, 0.15) is 5.82 Å². The number of phenolic OH excluding ortho intramolecular Hbond substituents is 1. The number of rotatable bonds is 3. The summed E-state index contributed by atoms with van der Waals surface area (Å²) in [7, 11) is 0. The van der Waals surface area contributed by atoms with Crippen LogP contribution in [0.3, 0.4) is 0 Å². The van der Waals surface area contributed by atoms with E-state index < -0.39 is 28.0 Å².